The van der Waals surface area contributed by atoms with Crippen LogP contribution in [-0.4, -0.2) is 9.97 Å². The van der Waals surface area contributed by atoms with E-state index in [1.165, 1.54) is 47.5 Å². The summed E-state index contributed by atoms with van der Waals surface area (Å²) in [5.41, 5.74) is 5.75. The fourth-order valence-corrected chi connectivity index (χ4v) is 6.07. The molecule has 37 heavy (non-hydrogen) atoms. The van der Waals surface area contributed by atoms with E-state index in [0.29, 0.717) is 0 Å². The van der Waals surface area contributed by atoms with E-state index in [2.05, 4.69) is 92.3 Å². The molecule has 3 aromatic heterocycles. The standard InChI is InChI=1S/C18H10NS.C15H16N.Ir/c1-10-8-13-17-15(9-10)20-14-6-2-4-11(16(14)17)12-5-3-7-19-18(12)13;1-15(2,3)13-9-10-16-14(11-13)12-7-5-4-6-8-12;/h2-7,9H,1H3;4-7,9-11H,1-3H3;/q2*-1;. The summed E-state index contributed by atoms with van der Waals surface area (Å²) in [6, 6.07) is 31.9. The Balaban J connectivity index is 0.000000152. The van der Waals surface area contributed by atoms with Gasteiger partial charge in [0.15, 0.2) is 0 Å². The van der Waals surface area contributed by atoms with E-state index >= 15 is 0 Å². The van der Waals surface area contributed by atoms with Crippen molar-refractivity contribution in [2.75, 3.05) is 0 Å². The van der Waals surface area contributed by atoms with Gasteiger partial charge in [0.2, 0.25) is 0 Å². The summed E-state index contributed by atoms with van der Waals surface area (Å²) in [5.74, 6) is 0. The van der Waals surface area contributed by atoms with Crippen LogP contribution in [0.25, 0.3) is 53.1 Å². The molecule has 0 unspecified atom stereocenters. The molecule has 0 saturated carbocycles. The minimum absolute atomic E-state index is 0. The number of pyridine rings is 2. The summed E-state index contributed by atoms with van der Waals surface area (Å²) in [7, 11) is 0. The van der Waals surface area contributed by atoms with Crippen LogP contribution in [0.1, 0.15) is 31.9 Å². The first kappa shape index (κ1) is 25.5. The van der Waals surface area contributed by atoms with Crippen molar-refractivity contribution < 1.29 is 20.1 Å². The average Bonchev–Trinajstić information content (AvgIpc) is 3.27. The smallest absolute Gasteiger partial charge is 0.0251 e. The van der Waals surface area contributed by atoms with Gasteiger partial charge >= 0.3 is 0 Å². The topological polar surface area (TPSA) is 25.8 Å². The van der Waals surface area contributed by atoms with Gasteiger partial charge < -0.3 is 9.97 Å². The second-order valence-corrected chi connectivity index (χ2v) is 11.3. The van der Waals surface area contributed by atoms with Crippen molar-refractivity contribution in [1.29, 1.82) is 0 Å². The molecule has 0 aliphatic rings. The Kier molecular flexibility index (Phi) is 6.85. The molecule has 0 fully saturated rings. The van der Waals surface area contributed by atoms with Crippen LogP contribution in [0.3, 0.4) is 0 Å². The number of hydrogen-bond acceptors (Lipinski definition) is 3. The van der Waals surface area contributed by atoms with E-state index in [1.54, 1.807) is 0 Å². The zero-order valence-electron chi connectivity index (χ0n) is 21.2. The molecule has 2 nitrogen and oxygen atoms in total. The third-order valence-electron chi connectivity index (χ3n) is 6.61. The Hall–Kier alpha value is -3.17. The zero-order valence-corrected chi connectivity index (χ0v) is 24.4. The number of thiophene rings is 1. The van der Waals surface area contributed by atoms with Crippen LogP contribution in [0, 0.1) is 19.1 Å². The second kappa shape index (κ2) is 9.95. The van der Waals surface area contributed by atoms with Crippen LogP contribution in [-0.2, 0) is 25.5 Å². The maximum absolute atomic E-state index is 4.62. The van der Waals surface area contributed by atoms with Crippen LogP contribution >= 0.6 is 11.3 Å². The number of hydrogen-bond donors (Lipinski definition) is 0. The van der Waals surface area contributed by atoms with Crippen molar-refractivity contribution >= 4 is 53.2 Å². The molecule has 0 saturated heterocycles. The van der Waals surface area contributed by atoms with Crippen LogP contribution in [0.4, 0.5) is 0 Å². The van der Waals surface area contributed by atoms with Gasteiger partial charge in [-0.25, -0.2) is 0 Å². The quantitative estimate of drug-likeness (QED) is 0.128. The van der Waals surface area contributed by atoms with Crippen molar-refractivity contribution in [3.8, 4) is 11.3 Å². The summed E-state index contributed by atoms with van der Waals surface area (Å²) in [4.78, 5) is 9.02. The average molecular weight is 675 g/mol. The molecule has 0 aliphatic carbocycles. The number of rotatable bonds is 1. The van der Waals surface area contributed by atoms with Crippen LogP contribution < -0.4 is 0 Å². The molecular weight excluding hydrogens is 649 g/mol. The first-order chi connectivity index (χ1) is 17.4. The number of aryl methyl sites for hydroxylation is 1. The van der Waals surface area contributed by atoms with Gasteiger partial charge in [-0.1, -0.05) is 57.3 Å². The molecule has 0 bridgehead atoms. The minimum atomic E-state index is 0. The summed E-state index contributed by atoms with van der Waals surface area (Å²) in [6.45, 7) is 8.74. The largest absolute Gasteiger partial charge is 0.305 e. The number of nitrogens with zero attached hydrogens (tertiary/aromatic N) is 2. The molecule has 7 rings (SSSR count). The van der Waals surface area contributed by atoms with Gasteiger partial charge in [-0.3, -0.25) is 0 Å². The molecule has 0 N–H and O–H groups in total. The van der Waals surface area contributed by atoms with E-state index in [9.17, 15) is 0 Å². The van der Waals surface area contributed by atoms with Crippen LogP contribution in [0.2, 0.25) is 0 Å². The van der Waals surface area contributed by atoms with Gasteiger partial charge in [0.05, 0.1) is 0 Å². The maximum atomic E-state index is 4.62. The molecule has 0 atom stereocenters. The predicted molar refractivity (Wildman–Crippen MR) is 154 cm³/mol. The number of fused-ring (bicyclic) bond motifs is 3. The Morgan fingerprint density at radius 2 is 1.62 bits per heavy atom. The first-order valence-electron chi connectivity index (χ1n) is 12.2. The zero-order chi connectivity index (χ0) is 24.9. The third kappa shape index (κ3) is 4.66. The fourth-order valence-electron chi connectivity index (χ4n) is 4.83. The molecule has 1 radical (unpaired) electrons. The molecule has 185 valence electrons. The Labute approximate surface area is 235 Å². The molecule has 4 aromatic carbocycles. The Bertz CT molecular complexity index is 1830. The maximum Gasteiger partial charge on any atom is 0.0251 e. The van der Waals surface area contributed by atoms with Crippen molar-refractivity contribution in [3.63, 3.8) is 0 Å². The Morgan fingerprint density at radius 3 is 2.41 bits per heavy atom. The van der Waals surface area contributed by atoms with Crippen LogP contribution in [0.15, 0.2) is 85.2 Å². The normalized spacial score (nSPS) is 11.6. The van der Waals surface area contributed by atoms with Crippen molar-refractivity contribution in [3.05, 3.63) is 108 Å². The third-order valence-corrected chi connectivity index (χ3v) is 7.71. The van der Waals surface area contributed by atoms with Crippen molar-refractivity contribution in [1.82, 2.24) is 9.97 Å². The van der Waals surface area contributed by atoms with Crippen molar-refractivity contribution in [2.24, 2.45) is 0 Å². The number of benzene rings is 4. The van der Waals surface area contributed by atoms with E-state index < -0.39 is 0 Å². The molecule has 0 amide bonds. The van der Waals surface area contributed by atoms with Gasteiger partial charge in [-0.05, 0) is 61.2 Å². The van der Waals surface area contributed by atoms with Gasteiger partial charge in [0.25, 0.3) is 0 Å². The summed E-state index contributed by atoms with van der Waals surface area (Å²) < 4.78 is 2.70. The fraction of sp³-hybridized carbons (Fsp3) is 0.152. The van der Waals surface area contributed by atoms with E-state index in [-0.39, 0.29) is 25.5 Å². The second-order valence-electron chi connectivity index (χ2n) is 10.2. The monoisotopic (exact) mass is 675 g/mol. The molecule has 0 spiro atoms. The minimum Gasteiger partial charge on any atom is -0.305 e. The van der Waals surface area contributed by atoms with Gasteiger partial charge in [-0.2, -0.15) is 11.3 Å². The molecule has 4 heteroatoms. The molecular formula is C33H26IrN2S-2. The molecule has 3 heterocycles. The first-order valence-corrected chi connectivity index (χ1v) is 13.0. The van der Waals surface area contributed by atoms with E-state index in [4.69, 9.17) is 0 Å². The number of aromatic nitrogens is 2. The van der Waals surface area contributed by atoms with Crippen LogP contribution in [0.5, 0.6) is 0 Å². The summed E-state index contributed by atoms with van der Waals surface area (Å²) in [6.07, 6.45) is 3.75. The summed E-state index contributed by atoms with van der Waals surface area (Å²) in [5, 5.41) is 6.41. The Morgan fingerprint density at radius 1 is 0.784 bits per heavy atom. The molecule has 0 aliphatic heterocycles. The van der Waals surface area contributed by atoms with Gasteiger partial charge in [0.1, 0.15) is 0 Å². The SMILES string of the molecule is CC(C)(C)c1ccnc(-c2[c-]cccc2)c1.Cc1[c-]c2c3ncccc3c3cccc4sc(c1)c2c43.[Ir]. The van der Waals surface area contributed by atoms with E-state index in [1.807, 2.05) is 54.1 Å². The predicted octanol–water partition coefficient (Wildman–Crippen LogP) is 9.15. The summed E-state index contributed by atoms with van der Waals surface area (Å²) >= 11 is 1.87. The van der Waals surface area contributed by atoms with Gasteiger partial charge in [-0.15, -0.1) is 59.0 Å². The van der Waals surface area contributed by atoms with E-state index in [0.717, 1.165) is 16.8 Å². The van der Waals surface area contributed by atoms with Gasteiger partial charge in [0, 0.05) is 37.2 Å². The van der Waals surface area contributed by atoms with Crippen molar-refractivity contribution in [2.45, 2.75) is 33.1 Å². The molecule has 7 aromatic rings.